The Labute approximate surface area is 160 Å². The van der Waals surface area contributed by atoms with E-state index < -0.39 is 5.97 Å². The molecule has 0 amide bonds. The van der Waals surface area contributed by atoms with E-state index in [2.05, 4.69) is 25.8 Å². The molecule has 0 bridgehead atoms. The molecule has 1 aliphatic rings. The van der Waals surface area contributed by atoms with Gasteiger partial charge in [-0.05, 0) is 42.2 Å². The summed E-state index contributed by atoms with van der Waals surface area (Å²) >= 11 is 0. The van der Waals surface area contributed by atoms with E-state index in [1.54, 1.807) is 6.08 Å². The number of unbranched alkanes of at least 4 members (excludes halogenated alkanes) is 1. The van der Waals surface area contributed by atoms with Crippen LogP contribution in [-0.4, -0.2) is 18.5 Å². The maximum Gasteiger partial charge on any atom is 0.363 e. The van der Waals surface area contributed by atoms with E-state index in [1.165, 1.54) is 5.56 Å². The molecule has 0 aliphatic carbocycles. The van der Waals surface area contributed by atoms with Crippen LogP contribution in [0, 0.1) is 0 Å². The van der Waals surface area contributed by atoms with Crippen molar-refractivity contribution in [2.45, 2.75) is 39.5 Å². The molecule has 1 aliphatic heterocycles. The third-order valence-corrected chi connectivity index (χ3v) is 4.41. The van der Waals surface area contributed by atoms with Crippen molar-refractivity contribution in [1.29, 1.82) is 0 Å². The Hall–Kier alpha value is -2.88. The molecule has 0 saturated heterocycles. The first kappa shape index (κ1) is 18.9. The minimum absolute atomic E-state index is 0.282. The minimum atomic E-state index is -0.443. The highest BCUT2D eigenvalue weighted by Gasteiger charge is 2.24. The number of hydrogen-bond donors (Lipinski definition) is 0. The third kappa shape index (κ3) is 4.64. The molecule has 0 saturated carbocycles. The SMILES string of the molecule is CCCCOc1ccccc1/C=C1\N=C(c2ccc(C(C)C)cc2)OC1=O. The van der Waals surface area contributed by atoms with Gasteiger partial charge in [0.15, 0.2) is 5.70 Å². The first-order chi connectivity index (χ1) is 13.1. The summed E-state index contributed by atoms with van der Waals surface area (Å²) in [4.78, 5) is 16.7. The zero-order valence-corrected chi connectivity index (χ0v) is 16.1. The van der Waals surface area contributed by atoms with E-state index in [0.717, 1.165) is 29.7 Å². The van der Waals surface area contributed by atoms with Crippen molar-refractivity contribution in [1.82, 2.24) is 0 Å². The first-order valence-electron chi connectivity index (χ1n) is 9.43. The van der Waals surface area contributed by atoms with Gasteiger partial charge in [-0.15, -0.1) is 0 Å². The molecule has 0 unspecified atom stereocenters. The quantitative estimate of drug-likeness (QED) is 0.379. The highest BCUT2D eigenvalue weighted by atomic mass is 16.6. The number of carbonyl (C=O) groups is 1. The van der Waals surface area contributed by atoms with Crippen LogP contribution in [0.3, 0.4) is 0 Å². The van der Waals surface area contributed by atoms with Crippen LogP contribution in [0.2, 0.25) is 0 Å². The lowest BCUT2D eigenvalue weighted by molar-refractivity contribution is -0.129. The van der Waals surface area contributed by atoms with Crippen molar-refractivity contribution in [3.05, 3.63) is 70.9 Å². The van der Waals surface area contributed by atoms with Crippen LogP contribution < -0.4 is 4.74 Å². The number of aliphatic imine (C=N–C) groups is 1. The highest BCUT2D eigenvalue weighted by Crippen LogP contribution is 2.25. The minimum Gasteiger partial charge on any atom is -0.493 e. The Morgan fingerprint density at radius 2 is 1.85 bits per heavy atom. The van der Waals surface area contributed by atoms with Crippen molar-refractivity contribution < 1.29 is 14.3 Å². The summed E-state index contributed by atoms with van der Waals surface area (Å²) in [5, 5.41) is 0. The van der Waals surface area contributed by atoms with Crippen LogP contribution in [0.5, 0.6) is 5.75 Å². The Kier molecular flexibility index (Phi) is 6.07. The molecule has 140 valence electrons. The van der Waals surface area contributed by atoms with Gasteiger partial charge in [0.05, 0.1) is 6.61 Å². The number of hydrogen-bond acceptors (Lipinski definition) is 4. The van der Waals surface area contributed by atoms with Crippen LogP contribution >= 0.6 is 0 Å². The average Bonchev–Trinajstić information content (AvgIpc) is 3.04. The highest BCUT2D eigenvalue weighted by molar-refractivity contribution is 6.12. The van der Waals surface area contributed by atoms with Crippen molar-refractivity contribution in [2.24, 2.45) is 4.99 Å². The number of ether oxygens (including phenoxy) is 2. The number of nitrogens with zero attached hydrogens (tertiary/aromatic N) is 1. The van der Waals surface area contributed by atoms with E-state index in [0.29, 0.717) is 18.4 Å². The molecule has 0 aromatic heterocycles. The normalized spacial score (nSPS) is 15.2. The van der Waals surface area contributed by atoms with Gasteiger partial charge < -0.3 is 9.47 Å². The van der Waals surface area contributed by atoms with Crippen LogP contribution in [-0.2, 0) is 9.53 Å². The number of rotatable bonds is 7. The van der Waals surface area contributed by atoms with Gasteiger partial charge in [-0.25, -0.2) is 9.79 Å². The molecule has 2 aromatic carbocycles. The van der Waals surface area contributed by atoms with Crippen LogP contribution in [0.4, 0.5) is 0 Å². The monoisotopic (exact) mass is 363 g/mol. The number of para-hydroxylation sites is 1. The molecule has 0 spiro atoms. The van der Waals surface area contributed by atoms with E-state index in [-0.39, 0.29) is 5.70 Å². The molecule has 27 heavy (non-hydrogen) atoms. The second kappa shape index (κ2) is 8.67. The smallest absolute Gasteiger partial charge is 0.363 e. The number of carbonyl (C=O) groups excluding carboxylic acids is 1. The predicted molar refractivity (Wildman–Crippen MR) is 108 cm³/mol. The van der Waals surface area contributed by atoms with Gasteiger partial charge in [-0.1, -0.05) is 57.5 Å². The second-order valence-electron chi connectivity index (χ2n) is 6.85. The molecule has 4 heteroatoms. The third-order valence-electron chi connectivity index (χ3n) is 4.41. The van der Waals surface area contributed by atoms with E-state index >= 15 is 0 Å². The Balaban J connectivity index is 1.84. The second-order valence-corrected chi connectivity index (χ2v) is 6.85. The molecule has 1 heterocycles. The van der Waals surface area contributed by atoms with Gasteiger partial charge in [-0.2, -0.15) is 0 Å². The fraction of sp³-hybridized carbons (Fsp3) is 0.304. The van der Waals surface area contributed by atoms with Crippen LogP contribution in [0.25, 0.3) is 6.08 Å². The summed E-state index contributed by atoms with van der Waals surface area (Å²) in [7, 11) is 0. The van der Waals surface area contributed by atoms with E-state index in [9.17, 15) is 4.79 Å². The average molecular weight is 363 g/mol. The van der Waals surface area contributed by atoms with E-state index in [4.69, 9.17) is 9.47 Å². The van der Waals surface area contributed by atoms with Crippen molar-refractivity contribution in [3.63, 3.8) is 0 Å². The predicted octanol–water partition coefficient (Wildman–Crippen LogP) is 5.33. The molecule has 0 atom stereocenters. The lowest BCUT2D eigenvalue weighted by atomic mass is 10.0. The summed E-state index contributed by atoms with van der Waals surface area (Å²) in [5.41, 5.74) is 3.13. The lowest BCUT2D eigenvalue weighted by Gasteiger charge is -2.08. The summed E-state index contributed by atoms with van der Waals surface area (Å²) in [5.74, 6) is 1.09. The van der Waals surface area contributed by atoms with Gasteiger partial charge in [0.1, 0.15) is 5.75 Å². The number of esters is 1. The molecule has 2 aromatic rings. The topological polar surface area (TPSA) is 47.9 Å². The van der Waals surface area contributed by atoms with Gasteiger partial charge in [-0.3, -0.25) is 0 Å². The Morgan fingerprint density at radius 1 is 1.11 bits per heavy atom. The van der Waals surface area contributed by atoms with Crippen molar-refractivity contribution in [3.8, 4) is 5.75 Å². The fourth-order valence-corrected chi connectivity index (χ4v) is 2.75. The lowest BCUT2D eigenvalue weighted by Crippen LogP contribution is -2.05. The maximum absolute atomic E-state index is 12.3. The number of cyclic esters (lactones) is 1. The summed E-state index contributed by atoms with van der Waals surface area (Å²) in [6.45, 7) is 7.06. The maximum atomic E-state index is 12.3. The Bertz CT molecular complexity index is 863. The fourth-order valence-electron chi connectivity index (χ4n) is 2.75. The van der Waals surface area contributed by atoms with Gasteiger partial charge in [0.25, 0.3) is 0 Å². The molecule has 3 rings (SSSR count). The first-order valence-corrected chi connectivity index (χ1v) is 9.43. The zero-order valence-electron chi connectivity index (χ0n) is 16.1. The largest absolute Gasteiger partial charge is 0.493 e. The molecular weight excluding hydrogens is 338 g/mol. The van der Waals surface area contributed by atoms with Crippen molar-refractivity contribution in [2.75, 3.05) is 6.61 Å². The van der Waals surface area contributed by atoms with Crippen LogP contribution in [0.15, 0.2) is 59.2 Å². The standard InChI is InChI=1S/C23H25NO3/c1-4-5-14-26-21-9-7-6-8-19(21)15-20-23(25)27-22(24-20)18-12-10-17(11-13-18)16(2)3/h6-13,15-16H,4-5,14H2,1-3H3/b20-15-. The number of benzene rings is 2. The molecular formula is C23H25NO3. The van der Waals surface area contributed by atoms with Crippen molar-refractivity contribution >= 4 is 17.9 Å². The molecule has 0 fully saturated rings. The summed E-state index contributed by atoms with van der Waals surface area (Å²) in [6, 6.07) is 15.6. The molecule has 4 nitrogen and oxygen atoms in total. The molecule has 0 N–H and O–H groups in total. The molecule has 0 radical (unpaired) electrons. The summed E-state index contributed by atoms with van der Waals surface area (Å²) < 4.78 is 11.2. The van der Waals surface area contributed by atoms with Crippen LogP contribution in [0.1, 0.15) is 56.2 Å². The zero-order chi connectivity index (χ0) is 19.2. The van der Waals surface area contributed by atoms with Gasteiger partial charge >= 0.3 is 5.97 Å². The Morgan fingerprint density at radius 3 is 2.56 bits per heavy atom. The van der Waals surface area contributed by atoms with E-state index in [1.807, 2.05) is 48.5 Å². The van der Waals surface area contributed by atoms with Gasteiger partial charge in [0, 0.05) is 11.1 Å². The van der Waals surface area contributed by atoms with Gasteiger partial charge in [0.2, 0.25) is 5.90 Å². The summed E-state index contributed by atoms with van der Waals surface area (Å²) in [6.07, 6.45) is 3.78.